The Kier molecular flexibility index (Phi) is 5.24. The van der Waals surface area contributed by atoms with Crippen LogP contribution in [0.4, 0.5) is 0 Å². The first-order valence-corrected chi connectivity index (χ1v) is 7.76. The van der Waals surface area contributed by atoms with Gasteiger partial charge in [-0.2, -0.15) is 0 Å². The molecule has 0 atom stereocenters. The summed E-state index contributed by atoms with van der Waals surface area (Å²) in [7, 11) is 1.89. The minimum atomic E-state index is 0.0513. The molecule has 1 amide bonds. The van der Waals surface area contributed by atoms with E-state index in [4.69, 9.17) is 0 Å². The van der Waals surface area contributed by atoms with E-state index in [0.717, 1.165) is 17.8 Å². The third-order valence-electron chi connectivity index (χ3n) is 4.33. The Morgan fingerprint density at radius 2 is 1.95 bits per heavy atom. The first kappa shape index (κ1) is 15.1. The number of amides is 1. The van der Waals surface area contributed by atoms with Gasteiger partial charge in [-0.05, 0) is 39.8 Å². The number of hydrogen-bond donors (Lipinski definition) is 2. The Morgan fingerprint density at radius 1 is 1.25 bits per heavy atom. The van der Waals surface area contributed by atoms with Crippen LogP contribution in [0.3, 0.4) is 0 Å². The third kappa shape index (κ3) is 3.23. The molecule has 0 radical (unpaired) electrons. The lowest BCUT2D eigenvalue weighted by Crippen LogP contribution is -2.30. The summed E-state index contributed by atoms with van der Waals surface area (Å²) in [6.07, 6.45) is 6.47. The zero-order valence-corrected chi connectivity index (χ0v) is 13.0. The quantitative estimate of drug-likeness (QED) is 0.813. The predicted molar refractivity (Wildman–Crippen MR) is 82.3 cm³/mol. The molecule has 20 heavy (non-hydrogen) atoms. The van der Waals surface area contributed by atoms with Crippen molar-refractivity contribution in [1.29, 1.82) is 0 Å². The fourth-order valence-electron chi connectivity index (χ4n) is 3.30. The second-order valence-corrected chi connectivity index (χ2v) is 5.81. The number of hydrogen-bond acceptors (Lipinski definition) is 2. The van der Waals surface area contributed by atoms with Gasteiger partial charge in [0.1, 0.15) is 0 Å². The fraction of sp³-hybridized carbons (Fsp3) is 0.688. The van der Waals surface area contributed by atoms with E-state index >= 15 is 0 Å². The fourth-order valence-corrected chi connectivity index (χ4v) is 3.30. The van der Waals surface area contributed by atoms with Crippen molar-refractivity contribution in [3.8, 4) is 0 Å². The van der Waals surface area contributed by atoms with Crippen molar-refractivity contribution >= 4 is 5.91 Å². The van der Waals surface area contributed by atoms with Gasteiger partial charge in [-0.3, -0.25) is 4.79 Å². The monoisotopic (exact) mass is 277 g/mol. The number of nitrogens with one attached hydrogen (secondary N) is 2. The van der Waals surface area contributed by atoms with Crippen LogP contribution < -0.4 is 10.6 Å². The number of carbonyl (C=O) groups is 1. The van der Waals surface area contributed by atoms with Crippen molar-refractivity contribution in [3.63, 3.8) is 0 Å². The maximum Gasteiger partial charge on any atom is 0.253 e. The number of aromatic nitrogens is 1. The zero-order chi connectivity index (χ0) is 14.5. The molecule has 0 aromatic carbocycles. The van der Waals surface area contributed by atoms with Crippen LogP contribution >= 0.6 is 0 Å². The summed E-state index contributed by atoms with van der Waals surface area (Å²) in [5.74, 6) is 0.0513. The van der Waals surface area contributed by atoms with Crippen molar-refractivity contribution in [2.75, 3.05) is 20.1 Å². The van der Waals surface area contributed by atoms with Gasteiger partial charge in [0.25, 0.3) is 5.91 Å². The Bertz CT molecular complexity index is 459. The molecule has 1 aromatic heterocycles. The maximum atomic E-state index is 12.2. The Labute approximate surface area is 121 Å². The molecule has 1 heterocycles. The van der Waals surface area contributed by atoms with Crippen molar-refractivity contribution in [2.45, 2.75) is 52.0 Å². The second kappa shape index (κ2) is 6.93. The maximum absolute atomic E-state index is 12.2. The number of aryl methyl sites for hydroxylation is 1. The average Bonchev–Trinajstić information content (AvgIpc) is 2.75. The largest absolute Gasteiger partial charge is 0.351 e. The molecule has 4 nitrogen and oxygen atoms in total. The highest BCUT2D eigenvalue weighted by Gasteiger charge is 2.22. The second-order valence-electron chi connectivity index (χ2n) is 5.81. The lowest BCUT2D eigenvalue weighted by atomic mass is 9.95. The van der Waals surface area contributed by atoms with Gasteiger partial charge in [0.2, 0.25) is 0 Å². The third-order valence-corrected chi connectivity index (χ3v) is 4.33. The van der Waals surface area contributed by atoms with E-state index < -0.39 is 0 Å². The Balaban J connectivity index is 2.13. The molecule has 0 spiro atoms. The van der Waals surface area contributed by atoms with Crippen LogP contribution in [0.5, 0.6) is 0 Å². The molecule has 1 saturated carbocycles. The molecule has 112 valence electrons. The normalized spacial score (nSPS) is 16.4. The lowest BCUT2D eigenvalue weighted by molar-refractivity contribution is 0.0953. The van der Waals surface area contributed by atoms with Crippen LogP contribution in [-0.2, 0) is 0 Å². The van der Waals surface area contributed by atoms with Gasteiger partial charge in [0.05, 0.1) is 5.56 Å². The number of nitrogens with zero attached hydrogens (tertiary/aromatic N) is 1. The van der Waals surface area contributed by atoms with Gasteiger partial charge in [-0.1, -0.05) is 19.3 Å². The summed E-state index contributed by atoms with van der Waals surface area (Å²) in [5.41, 5.74) is 3.17. The summed E-state index contributed by atoms with van der Waals surface area (Å²) >= 11 is 0. The molecule has 1 aliphatic rings. The predicted octanol–water partition coefficient (Wildman–Crippen LogP) is 2.56. The molecule has 1 fully saturated rings. The Morgan fingerprint density at radius 3 is 2.60 bits per heavy atom. The number of carbonyl (C=O) groups excluding carboxylic acids is 1. The highest BCUT2D eigenvalue weighted by atomic mass is 16.1. The lowest BCUT2D eigenvalue weighted by Gasteiger charge is -2.26. The summed E-state index contributed by atoms with van der Waals surface area (Å²) in [6, 6.07) is 2.63. The van der Waals surface area contributed by atoms with Gasteiger partial charge >= 0.3 is 0 Å². The van der Waals surface area contributed by atoms with E-state index in [2.05, 4.69) is 29.0 Å². The molecule has 1 aromatic rings. The van der Waals surface area contributed by atoms with Crippen molar-refractivity contribution < 1.29 is 4.79 Å². The van der Waals surface area contributed by atoms with E-state index in [1.54, 1.807) is 0 Å². The first-order chi connectivity index (χ1) is 9.65. The SMILES string of the molecule is CNCCNC(=O)c1cc(C)n(C2CCCCC2)c1C. The summed E-state index contributed by atoms with van der Waals surface area (Å²) in [4.78, 5) is 12.2. The molecule has 0 aliphatic heterocycles. The molecule has 1 aliphatic carbocycles. The number of rotatable bonds is 5. The van der Waals surface area contributed by atoms with Crippen molar-refractivity contribution in [2.24, 2.45) is 0 Å². The van der Waals surface area contributed by atoms with E-state index in [1.165, 1.54) is 37.8 Å². The highest BCUT2D eigenvalue weighted by Crippen LogP contribution is 2.32. The van der Waals surface area contributed by atoms with Crippen molar-refractivity contribution in [3.05, 3.63) is 23.0 Å². The molecule has 0 saturated heterocycles. The van der Waals surface area contributed by atoms with Crippen molar-refractivity contribution in [1.82, 2.24) is 15.2 Å². The van der Waals surface area contributed by atoms with Crippen LogP contribution in [-0.4, -0.2) is 30.6 Å². The van der Waals surface area contributed by atoms with Crippen LogP contribution in [0.2, 0.25) is 0 Å². The molecule has 2 rings (SSSR count). The molecule has 4 heteroatoms. The molecule has 0 unspecified atom stereocenters. The van der Waals surface area contributed by atoms with Crippen LogP contribution in [0.1, 0.15) is 59.9 Å². The first-order valence-electron chi connectivity index (χ1n) is 7.76. The molecular weight excluding hydrogens is 250 g/mol. The van der Waals surface area contributed by atoms with Crippen LogP contribution in [0.15, 0.2) is 6.07 Å². The summed E-state index contributed by atoms with van der Waals surface area (Å²) in [5, 5.41) is 6.01. The summed E-state index contributed by atoms with van der Waals surface area (Å²) in [6.45, 7) is 5.66. The topological polar surface area (TPSA) is 46.1 Å². The average molecular weight is 277 g/mol. The van der Waals surface area contributed by atoms with Gasteiger partial charge in [0.15, 0.2) is 0 Å². The molecular formula is C16H27N3O. The van der Waals surface area contributed by atoms with E-state index in [1.807, 2.05) is 13.1 Å². The van der Waals surface area contributed by atoms with Crippen LogP contribution in [0.25, 0.3) is 0 Å². The van der Waals surface area contributed by atoms with E-state index in [0.29, 0.717) is 12.6 Å². The Hall–Kier alpha value is -1.29. The van der Waals surface area contributed by atoms with Gasteiger partial charge in [0, 0.05) is 30.5 Å². The van der Waals surface area contributed by atoms with E-state index in [9.17, 15) is 4.79 Å². The minimum Gasteiger partial charge on any atom is -0.351 e. The number of likely N-dealkylation sites (N-methyl/N-ethyl adjacent to an activating group) is 1. The van der Waals surface area contributed by atoms with Gasteiger partial charge < -0.3 is 15.2 Å². The molecule has 2 N–H and O–H groups in total. The molecule has 0 bridgehead atoms. The van der Waals surface area contributed by atoms with Gasteiger partial charge in [-0.25, -0.2) is 0 Å². The van der Waals surface area contributed by atoms with Gasteiger partial charge in [-0.15, -0.1) is 0 Å². The smallest absolute Gasteiger partial charge is 0.253 e. The minimum absolute atomic E-state index is 0.0513. The zero-order valence-electron chi connectivity index (χ0n) is 13.0. The highest BCUT2D eigenvalue weighted by molar-refractivity contribution is 5.95. The van der Waals surface area contributed by atoms with E-state index in [-0.39, 0.29) is 5.91 Å². The standard InChI is InChI=1S/C16H27N3O/c1-12-11-15(16(20)18-10-9-17-3)13(2)19(12)14-7-5-4-6-8-14/h11,14,17H,4-10H2,1-3H3,(H,18,20). The van der Waals surface area contributed by atoms with Crippen LogP contribution in [0, 0.1) is 13.8 Å². The summed E-state index contributed by atoms with van der Waals surface area (Å²) < 4.78 is 2.38.